The zero-order valence-corrected chi connectivity index (χ0v) is 15.9. The first-order chi connectivity index (χ1) is 11.7. The van der Waals surface area contributed by atoms with Crippen molar-refractivity contribution in [1.29, 1.82) is 0 Å². The topological polar surface area (TPSA) is 73.9 Å². The van der Waals surface area contributed by atoms with Gasteiger partial charge in [0, 0.05) is 25.7 Å². The van der Waals surface area contributed by atoms with Crippen molar-refractivity contribution >= 4 is 0 Å². The van der Waals surface area contributed by atoms with E-state index in [0.717, 1.165) is 45.1 Å². The van der Waals surface area contributed by atoms with E-state index in [0.29, 0.717) is 26.2 Å². The van der Waals surface area contributed by atoms with Crippen LogP contribution in [-0.4, -0.2) is 55.9 Å². The molecule has 144 valence electrons. The summed E-state index contributed by atoms with van der Waals surface area (Å²) in [6, 6.07) is -0.389. The lowest BCUT2D eigenvalue weighted by Gasteiger charge is -2.43. The monoisotopic (exact) mass is 345 g/mol. The average molecular weight is 346 g/mol. The highest BCUT2D eigenvalue weighted by atomic mass is 16.5. The van der Waals surface area contributed by atoms with Gasteiger partial charge in [-0.25, -0.2) is 0 Å². The lowest BCUT2D eigenvalue weighted by Crippen LogP contribution is -2.60. The first kappa shape index (κ1) is 21.8. The fourth-order valence-electron chi connectivity index (χ4n) is 3.12. The summed E-state index contributed by atoms with van der Waals surface area (Å²) < 4.78 is 18.0. The van der Waals surface area contributed by atoms with Gasteiger partial charge in [0.15, 0.2) is 0 Å². The largest absolute Gasteiger partial charge is 0.391 e. The minimum Gasteiger partial charge on any atom is -0.391 e. The van der Waals surface area contributed by atoms with Crippen molar-refractivity contribution in [3.8, 4) is 0 Å². The van der Waals surface area contributed by atoms with Crippen molar-refractivity contribution in [2.75, 3.05) is 26.4 Å². The summed E-state index contributed by atoms with van der Waals surface area (Å²) in [5.41, 5.74) is 6.24. The molecule has 1 aliphatic carbocycles. The Bertz CT molecular complexity index is 303. The Hall–Kier alpha value is -0.200. The number of hydrogen-bond donors (Lipinski definition) is 2. The Morgan fingerprint density at radius 1 is 0.875 bits per heavy atom. The number of aliphatic hydroxyl groups excluding tert-OH is 1. The second kappa shape index (κ2) is 13.1. The van der Waals surface area contributed by atoms with E-state index in [9.17, 15) is 5.11 Å². The third-order valence-electron chi connectivity index (χ3n) is 4.75. The van der Waals surface area contributed by atoms with E-state index >= 15 is 0 Å². The smallest absolute Gasteiger partial charge is 0.102 e. The number of unbranched alkanes of at least 4 members (excludes halogenated alkanes) is 3. The number of nitrogens with two attached hydrogens (primary N) is 1. The number of ether oxygens (including phenoxy) is 3. The summed E-state index contributed by atoms with van der Waals surface area (Å²) in [6.07, 6.45) is 6.11. The van der Waals surface area contributed by atoms with Gasteiger partial charge in [0.1, 0.15) is 6.10 Å². The third kappa shape index (κ3) is 7.36. The van der Waals surface area contributed by atoms with Crippen LogP contribution in [0.15, 0.2) is 0 Å². The van der Waals surface area contributed by atoms with E-state index in [1.807, 2.05) is 0 Å². The minimum atomic E-state index is -0.553. The quantitative estimate of drug-likeness (QED) is 0.502. The highest BCUT2D eigenvalue weighted by Crippen LogP contribution is 2.30. The lowest BCUT2D eigenvalue weighted by molar-refractivity contribution is -0.161. The molecule has 3 N–H and O–H groups in total. The molecule has 1 aliphatic rings. The number of rotatable bonds is 13. The highest BCUT2D eigenvalue weighted by molar-refractivity contribution is 4.97. The molecule has 5 atom stereocenters. The van der Waals surface area contributed by atoms with Crippen molar-refractivity contribution in [3.63, 3.8) is 0 Å². The van der Waals surface area contributed by atoms with Gasteiger partial charge in [0.2, 0.25) is 0 Å². The number of hydrogen-bond acceptors (Lipinski definition) is 5. The molecule has 0 saturated heterocycles. The second-order valence-corrected chi connectivity index (χ2v) is 6.95. The molecule has 0 aliphatic heterocycles. The van der Waals surface area contributed by atoms with Gasteiger partial charge in [-0.05, 0) is 25.7 Å². The van der Waals surface area contributed by atoms with Gasteiger partial charge in [0.25, 0.3) is 0 Å². The van der Waals surface area contributed by atoms with Gasteiger partial charge >= 0.3 is 0 Å². The first-order valence-electron chi connectivity index (χ1n) is 9.90. The van der Waals surface area contributed by atoms with Crippen LogP contribution < -0.4 is 5.73 Å². The molecule has 0 aromatic rings. The molecule has 0 aromatic carbocycles. The molecular weight excluding hydrogens is 306 g/mol. The molecule has 1 saturated carbocycles. The Morgan fingerprint density at radius 2 is 1.42 bits per heavy atom. The van der Waals surface area contributed by atoms with Gasteiger partial charge in [-0.3, -0.25) is 0 Å². The fourth-order valence-corrected chi connectivity index (χ4v) is 3.12. The van der Waals surface area contributed by atoms with Gasteiger partial charge < -0.3 is 25.1 Å². The minimum absolute atomic E-state index is 0.0894. The summed E-state index contributed by atoms with van der Waals surface area (Å²) in [7, 11) is 0. The molecule has 1 unspecified atom stereocenters. The van der Waals surface area contributed by atoms with Crippen molar-refractivity contribution in [3.05, 3.63) is 0 Å². The molecule has 1 rings (SSSR count). The Morgan fingerprint density at radius 3 is 2.00 bits per heavy atom. The molecule has 5 heteroatoms. The molecule has 0 heterocycles. The summed E-state index contributed by atoms with van der Waals surface area (Å²) in [5, 5.41) is 10.4. The zero-order valence-electron chi connectivity index (χ0n) is 15.9. The van der Waals surface area contributed by atoms with Crippen LogP contribution >= 0.6 is 0 Å². The maximum Gasteiger partial charge on any atom is 0.102 e. The van der Waals surface area contributed by atoms with Gasteiger partial charge in [-0.2, -0.15) is 0 Å². The maximum absolute atomic E-state index is 10.4. The van der Waals surface area contributed by atoms with E-state index in [2.05, 4.69) is 20.8 Å². The fraction of sp³-hybridized carbons (Fsp3) is 1.00. The third-order valence-corrected chi connectivity index (χ3v) is 4.75. The molecule has 1 fully saturated rings. The summed E-state index contributed by atoms with van der Waals surface area (Å²) in [4.78, 5) is 0. The van der Waals surface area contributed by atoms with E-state index in [4.69, 9.17) is 19.9 Å². The molecule has 0 spiro atoms. The predicted octanol–water partition coefficient (Wildman–Crippen LogP) is 2.88. The highest BCUT2D eigenvalue weighted by Gasteiger charge is 2.44. The van der Waals surface area contributed by atoms with Crippen LogP contribution in [0.3, 0.4) is 0 Å². The molecule has 0 amide bonds. The Kier molecular flexibility index (Phi) is 11.9. The van der Waals surface area contributed by atoms with Crippen molar-refractivity contribution < 1.29 is 19.3 Å². The molecule has 0 radical (unpaired) electrons. The normalized spacial score (nSPS) is 30.6. The van der Waals surface area contributed by atoms with Crippen LogP contribution in [0.5, 0.6) is 0 Å². The van der Waals surface area contributed by atoms with Gasteiger partial charge in [-0.15, -0.1) is 0 Å². The zero-order chi connectivity index (χ0) is 17.8. The number of aliphatic hydroxyl groups is 1. The summed E-state index contributed by atoms with van der Waals surface area (Å²) in [5.74, 6) is 0.139. The van der Waals surface area contributed by atoms with Crippen molar-refractivity contribution in [1.82, 2.24) is 0 Å². The van der Waals surface area contributed by atoms with E-state index < -0.39 is 6.10 Å². The maximum atomic E-state index is 10.4. The van der Waals surface area contributed by atoms with Crippen LogP contribution in [-0.2, 0) is 14.2 Å². The first-order valence-corrected chi connectivity index (χ1v) is 9.90. The van der Waals surface area contributed by atoms with Crippen LogP contribution in [0, 0.1) is 5.92 Å². The summed E-state index contributed by atoms with van der Waals surface area (Å²) in [6.45, 7) is 9.19. The lowest BCUT2D eigenvalue weighted by atomic mass is 9.79. The predicted molar refractivity (Wildman–Crippen MR) is 97.1 cm³/mol. The Labute approximate surface area is 148 Å². The molecule has 0 bridgehead atoms. The average Bonchev–Trinajstić information content (AvgIpc) is 2.58. The van der Waals surface area contributed by atoms with Crippen LogP contribution in [0.25, 0.3) is 0 Å². The second-order valence-electron chi connectivity index (χ2n) is 6.95. The van der Waals surface area contributed by atoms with Crippen LogP contribution in [0.4, 0.5) is 0 Å². The summed E-state index contributed by atoms with van der Waals surface area (Å²) >= 11 is 0. The van der Waals surface area contributed by atoms with E-state index in [1.165, 1.54) is 0 Å². The molecule has 24 heavy (non-hydrogen) atoms. The SMILES string of the molecule is CCCCOC[C@H]1C[C@@H](O)C(N)[C@@H](OCCCC)[C@@H]1OCCCC. The van der Waals surface area contributed by atoms with E-state index in [1.54, 1.807) is 0 Å². The molecular formula is C19H39NO4. The molecule has 5 nitrogen and oxygen atoms in total. The van der Waals surface area contributed by atoms with Crippen LogP contribution in [0.2, 0.25) is 0 Å². The van der Waals surface area contributed by atoms with Crippen molar-refractivity contribution in [2.45, 2.75) is 90.1 Å². The van der Waals surface area contributed by atoms with Crippen LogP contribution in [0.1, 0.15) is 65.7 Å². The van der Waals surface area contributed by atoms with Gasteiger partial charge in [0.05, 0.1) is 24.9 Å². The standard InChI is InChI=1S/C19H39NO4/c1-4-7-10-22-14-15-13-16(21)17(20)19(24-12-9-6-3)18(15)23-11-8-5-2/h15-19,21H,4-14,20H2,1-3H3/t15-,16-,17?,18-,19-/m1/s1. The van der Waals surface area contributed by atoms with Crippen molar-refractivity contribution in [2.24, 2.45) is 11.7 Å². The Balaban J connectivity index is 2.68. The molecule has 0 aromatic heterocycles. The van der Waals surface area contributed by atoms with E-state index in [-0.39, 0.29) is 24.2 Å². The van der Waals surface area contributed by atoms with Gasteiger partial charge in [-0.1, -0.05) is 40.0 Å².